The fraction of sp³-hybridized carbons (Fsp3) is 0.314. The first-order chi connectivity index (χ1) is 22.2. The Morgan fingerprint density at radius 3 is 2.54 bits per heavy atom. The Morgan fingerprint density at radius 2 is 1.80 bits per heavy atom. The zero-order valence-corrected chi connectivity index (χ0v) is 25.7. The van der Waals surface area contributed by atoms with E-state index in [2.05, 4.69) is 13.0 Å². The second kappa shape index (κ2) is 13.7. The number of imide groups is 1. The molecule has 0 aromatic heterocycles. The Morgan fingerprint density at radius 1 is 1.02 bits per heavy atom. The van der Waals surface area contributed by atoms with Crippen molar-refractivity contribution in [2.45, 2.75) is 45.0 Å². The SMILES string of the molecule is CC/C(=C\c1cccc(O)c1)CC[C@H]1OB(O)C[C@H]2C1=C(COc1ccccc1)C[C@H]1C(=O)N(c3cccc(B(O)O)c3)C(=O)[C@H]12. The molecule has 0 bridgehead atoms. The van der Waals surface area contributed by atoms with Gasteiger partial charge in [-0.1, -0.05) is 61.0 Å². The largest absolute Gasteiger partial charge is 0.508 e. The summed E-state index contributed by atoms with van der Waals surface area (Å²) in [6, 6.07) is 22.6. The van der Waals surface area contributed by atoms with Gasteiger partial charge in [0.2, 0.25) is 11.8 Å². The number of carbonyl (C=O) groups excluding carboxylic acids is 2. The number of phenolic OH excluding ortho intramolecular Hbond substituents is 1. The molecule has 0 saturated carbocycles. The number of para-hydroxylation sites is 1. The molecule has 46 heavy (non-hydrogen) atoms. The zero-order chi connectivity index (χ0) is 32.4. The van der Waals surface area contributed by atoms with E-state index in [1.807, 2.05) is 36.4 Å². The molecule has 3 aromatic rings. The van der Waals surface area contributed by atoms with Gasteiger partial charge in [0, 0.05) is 0 Å². The number of fused-ring (bicyclic) bond motifs is 3. The van der Waals surface area contributed by atoms with Crippen molar-refractivity contribution < 1.29 is 39.2 Å². The van der Waals surface area contributed by atoms with Crippen molar-refractivity contribution in [2.75, 3.05) is 11.5 Å². The molecular weight excluding hydrogens is 584 g/mol. The number of anilines is 1. The van der Waals surface area contributed by atoms with Crippen LogP contribution in [-0.2, 0) is 14.2 Å². The summed E-state index contributed by atoms with van der Waals surface area (Å²) in [5.41, 5.74) is 4.31. The molecule has 0 radical (unpaired) electrons. The van der Waals surface area contributed by atoms with Gasteiger partial charge in [0.15, 0.2) is 0 Å². The first-order valence-electron chi connectivity index (χ1n) is 15.8. The van der Waals surface area contributed by atoms with Crippen LogP contribution in [0.5, 0.6) is 11.5 Å². The highest BCUT2D eigenvalue weighted by molar-refractivity contribution is 6.58. The van der Waals surface area contributed by atoms with Gasteiger partial charge in [-0.05, 0) is 96.5 Å². The Balaban J connectivity index is 1.33. The van der Waals surface area contributed by atoms with Crippen molar-refractivity contribution in [3.63, 3.8) is 0 Å². The standard InChI is InChI=1S/C35H37B2NO8/c1-2-22(16-23-8-6-11-27(39)17-23)14-15-31-32-24(21-45-28-12-4-3-5-13-28)18-29-33(30(32)20-36(42)46-31)35(41)38(34(29)40)26-10-7-9-25(19-26)37(43)44/h3-13,16-17,19,29-31,33,39,42-44H,2,14-15,18,20-21H2,1H3/b22-16+/t29-,30+,31-,33-/m1/s1. The third-order valence-corrected chi connectivity index (χ3v) is 9.31. The van der Waals surface area contributed by atoms with Crippen LogP contribution in [0.3, 0.4) is 0 Å². The van der Waals surface area contributed by atoms with Crippen molar-refractivity contribution in [2.24, 2.45) is 17.8 Å². The van der Waals surface area contributed by atoms with E-state index in [1.54, 1.807) is 30.3 Å². The summed E-state index contributed by atoms with van der Waals surface area (Å²) in [5, 5.41) is 40.3. The topological polar surface area (TPSA) is 137 Å². The Labute approximate surface area is 269 Å². The summed E-state index contributed by atoms with van der Waals surface area (Å²) in [5.74, 6) is -1.62. The normalized spacial score (nSPS) is 23.0. The fourth-order valence-electron chi connectivity index (χ4n) is 7.18. The molecule has 0 spiro atoms. The summed E-state index contributed by atoms with van der Waals surface area (Å²) in [6.45, 7) is 2.28. The number of ether oxygens (including phenoxy) is 1. The zero-order valence-electron chi connectivity index (χ0n) is 25.7. The van der Waals surface area contributed by atoms with E-state index < -0.39 is 38.1 Å². The van der Waals surface area contributed by atoms with Gasteiger partial charge in [0.05, 0.1) is 23.6 Å². The number of amides is 2. The van der Waals surface area contributed by atoms with Crippen LogP contribution in [0.2, 0.25) is 6.32 Å². The van der Waals surface area contributed by atoms with Crippen LogP contribution >= 0.6 is 0 Å². The molecule has 236 valence electrons. The number of phenols is 1. The van der Waals surface area contributed by atoms with Crippen molar-refractivity contribution >= 4 is 43.3 Å². The first kappa shape index (κ1) is 31.8. The van der Waals surface area contributed by atoms with Gasteiger partial charge in [-0.2, -0.15) is 0 Å². The minimum Gasteiger partial charge on any atom is -0.508 e. The molecule has 2 fully saturated rings. The average molecular weight is 621 g/mol. The Bertz CT molecular complexity index is 1660. The number of hydrogen-bond donors (Lipinski definition) is 4. The molecule has 9 nitrogen and oxygen atoms in total. The quantitative estimate of drug-likeness (QED) is 0.153. The Kier molecular flexibility index (Phi) is 9.47. The maximum absolute atomic E-state index is 14.1. The predicted octanol–water partition coefficient (Wildman–Crippen LogP) is 3.73. The summed E-state index contributed by atoms with van der Waals surface area (Å²) < 4.78 is 12.4. The highest BCUT2D eigenvalue weighted by Gasteiger charge is 2.57. The molecule has 11 heteroatoms. The lowest BCUT2D eigenvalue weighted by Gasteiger charge is -2.43. The van der Waals surface area contributed by atoms with Crippen LogP contribution in [0, 0.1) is 17.8 Å². The van der Waals surface area contributed by atoms with Crippen LogP contribution in [-0.4, -0.2) is 58.9 Å². The predicted molar refractivity (Wildman–Crippen MR) is 176 cm³/mol. The van der Waals surface area contributed by atoms with Gasteiger partial charge in [0.25, 0.3) is 0 Å². The van der Waals surface area contributed by atoms with Gasteiger partial charge in [-0.3, -0.25) is 14.5 Å². The van der Waals surface area contributed by atoms with E-state index in [-0.39, 0.29) is 41.6 Å². The van der Waals surface area contributed by atoms with Crippen LogP contribution in [0.25, 0.3) is 6.08 Å². The number of hydrogen-bond acceptors (Lipinski definition) is 8. The van der Waals surface area contributed by atoms with Gasteiger partial charge in [-0.15, -0.1) is 0 Å². The van der Waals surface area contributed by atoms with E-state index in [9.17, 15) is 29.8 Å². The Hall–Kier alpha value is -4.15. The lowest BCUT2D eigenvalue weighted by atomic mass is 9.58. The van der Waals surface area contributed by atoms with Crippen LogP contribution in [0.4, 0.5) is 5.69 Å². The van der Waals surface area contributed by atoms with Gasteiger partial charge < -0.3 is 29.6 Å². The highest BCUT2D eigenvalue weighted by Crippen LogP contribution is 2.51. The van der Waals surface area contributed by atoms with Gasteiger partial charge in [0.1, 0.15) is 18.1 Å². The third-order valence-electron chi connectivity index (χ3n) is 9.31. The second-order valence-electron chi connectivity index (χ2n) is 12.2. The molecule has 0 unspecified atom stereocenters. The molecule has 2 aliphatic heterocycles. The number of aromatic hydroxyl groups is 1. The maximum Gasteiger partial charge on any atom is 0.488 e. The van der Waals surface area contributed by atoms with E-state index in [1.165, 1.54) is 12.1 Å². The average Bonchev–Trinajstić information content (AvgIpc) is 3.30. The third kappa shape index (κ3) is 6.55. The highest BCUT2D eigenvalue weighted by atomic mass is 16.5. The number of carbonyl (C=O) groups is 2. The molecule has 3 aliphatic rings. The van der Waals surface area contributed by atoms with E-state index in [4.69, 9.17) is 9.39 Å². The fourth-order valence-corrected chi connectivity index (χ4v) is 7.18. The van der Waals surface area contributed by atoms with Crippen molar-refractivity contribution in [3.8, 4) is 11.5 Å². The monoisotopic (exact) mass is 621 g/mol. The number of rotatable bonds is 10. The van der Waals surface area contributed by atoms with Crippen molar-refractivity contribution in [1.82, 2.24) is 0 Å². The smallest absolute Gasteiger partial charge is 0.488 e. The molecule has 3 aromatic carbocycles. The molecule has 2 amide bonds. The molecule has 1 aliphatic carbocycles. The number of benzene rings is 3. The number of allylic oxidation sites excluding steroid dienone is 1. The van der Waals surface area contributed by atoms with Crippen molar-refractivity contribution in [1.29, 1.82) is 0 Å². The molecule has 2 heterocycles. The molecule has 4 N–H and O–H groups in total. The van der Waals surface area contributed by atoms with E-state index in [0.29, 0.717) is 25.0 Å². The van der Waals surface area contributed by atoms with Crippen LogP contribution < -0.4 is 15.1 Å². The second-order valence-corrected chi connectivity index (χ2v) is 12.2. The van der Waals surface area contributed by atoms with Crippen LogP contribution in [0.15, 0.2) is 95.6 Å². The van der Waals surface area contributed by atoms with Gasteiger partial charge >= 0.3 is 14.2 Å². The van der Waals surface area contributed by atoms with E-state index in [0.717, 1.165) is 33.6 Å². The lowest BCUT2D eigenvalue weighted by Crippen LogP contribution is -2.46. The molecule has 2 saturated heterocycles. The van der Waals surface area contributed by atoms with Crippen LogP contribution in [0.1, 0.15) is 38.2 Å². The lowest BCUT2D eigenvalue weighted by molar-refractivity contribution is -0.122. The summed E-state index contributed by atoms with van der Waals surface area (Å²) in [7, 11) is -2.86. The minimum atomic E-state index is -1.74. The van der Waals surface area contributed by atoms with E-state index >= 15 is 0 Å². The first-order valence-corrected chi connectivity index (χ1v) is 15.8. The molecular formula is C35H37B2NO8. The minimum absolute atomic E-state index is 0.170. The van der Waals surface area contributed by atoms with Crippen molar-refractivity contribution in [3.05, 3.63) is 101 Å². The maximum atomic E-state index is 14.1. The summed E-state index contributed by atoms with van der Waals surface area (Å²) in [4.78, 5) is 29.2. The number of nitrogens with zero attached hydrogens (tertiary/aromatic N) is 1. The molecule has 6 rings (SSSR count). The summed E-state index contributed by atoms with van der Waals surface area (Å²) in [6.07, 6.45) is 4.03. The van der Waals surface area contributed by atoms with Gasteiger partial charge in [-0.25, -0.2) is 0 Å². The molecule has 4 atom stereocenters. The summed E-state index contributed by atoms with van der Waals surface area (Å²) >= 11 is 0.